The van der Waals surface area contributed by atoms with Crippen molar-refractivity contribution in [2.75, 3.05) is 24.4 Å². The van der Waals surface area contributed by atoms with Gasteiger partial charge in [0.1, 0.15) is 18.5 Å². The second-order valence-electron chi connectivity index (χ2n) is 6.97. The molecule has 0 radical (unpaired) electrons. The molecule has 1 aliphatic rings. The normalized spacial score (nSPS) is 17.4. The van der Waals surface area contributed by atoms with Crippen molar-refractivity contribution in [2.45, 2.75) is 24.5 Å². The van der Waals surface area contributed by atoms with Crippen molar-refractivity contribution < 1.29 is 27.0 Å². The van der Waals surface area contributed by atoms with Gasteiger partial charge in [-0.2, -0.15) is 5.12 Å². The van der Waals surface area contributed by atoms with Crippen molar-refractivity contribution in [1.29, 1.82) is 0 Å². The summed E-state index contributed by atoms with van der Waals surface area (Å²) >= 11 is 15.4. The number of rotatable bonds is 9. The second-order valence-corrected chi connectivity index (χ2v) is 10.5. The number of hydrogen-bond donors (Lipinski definition) is 3. The molecule has 1 heterocycles. The molecule has 182 valence electrons. The van der Waals surface area contributed by atoms with E-state index >= 15 is 0 Å². The predicted octanol–water partition coefficient (Wildman–Crippen LogP) is 2.54. The van der Waals surface area contributed by atoms with E-state index in [-0.39, 0.29) is 35.3 Å². The minimum Gasteiger partial charge on any atom is -0.755 e. The van der Waals surface area contributed by atoms with Crippen LogP contribution in [-0.2, 0) is 27.8 Å². The number of anilines is 1. The summed E-state index contributed by atoms with van der Waals surface area (Å²) in [5, 5.41) is 14.2. The first-order valence-electron chi connectivity index (χ1n) is 9.49. The summed E-state index contributed by atoms with van der Waals surface area (Å²) in [5.74, 6) is 0.355. The van der Waals surface area contributed by atoms with Gasteiger partial charge < -0.3 is 19.1 Å². The molecule has 0 aromatic heterocycles. The van der Waals surface area contributed by atoms with Gasteiger partial charge in [-0.1, -0.05) is 41.7 Å². The number of nitrogens with zero attached hydrogens (tertiary/aromatic N) is 2. The largest absolute Gasteiger partial charge is 0.755 e. The van der Waals surface area contributed by atoms with Crippen molar-refractivity contribution in [2.24, 2.45) is 0 Å². The Hall–Kier alpha value is -1.19. The van der Waals surface area contributed by atoms with Crippen LogP contribution in [0.1, 0.15) is 12.5 Å². The van der Waals surface area contributed by atoms with E-state index in [1.54, 1.807) is 24.1 Å². The summed E-state index contributed by atoms with van der Waals surface area (Å²) in [6, 6.07) is 7.24. The minimum atomic E-state index is -4.03. The van der Waals surface area contributed by atoms with E-state index < -0.39 is 27.4 Å². The van der Waals surface area contributed by atoms with Gasteiger partial charge in [-0.3, -0.25) is 4.21 Å². The van der Waals surface area contributed by atoms with Crippen LogP contribution < -0.4 is 14.3 Å². The molecule has 33 heavy (non-hydrogen) atoms. The zero-order valence-corrected chi connectivity index (χ0v) is 21.0. The molecule has 0 saturated carbocycles. The molecule has 0 spiro atoms. The molecular formula is C18H20Cl3N4O6S2-. The first-order valence-corrected chi connectivity index (χ1v) is 13.2. The lowest BCUT2D eigenvalue weighted by Crippen LogP contribution is -2.57. The van der Waals surface area contributed by atoms with Gasteiger partial charge in [0, 0.05) is 29.4 Å². The fourth-order valence-corrected chi connectivity index (χ4v) is 5.55. The van der Waals surface area contributed by atoms with Crippen molar-refractivity contribution in [3.05, 3.63) is 51.0 Å². The van der Waals surface area contributed by atoms with E-state index in [0.717, 1.165) is 6.07 Å². The lowest BCUT2D eigenvalue weighted by atomic mass is 10.2. The fraction of sp³-hybridized carbons (Fsp3) is 0.333. The number of sulfonamides is 1. The summed E-state index contributed by atoms with van der Waals surface area (Å²) in [6.45, 7) is 2.19. The zero-order valence-electron chi connectivity index (χ0n) is 17.1. The molecule has 2 atom stereocenters. The molecule has 2 unspecified atom stereocenters. The minimum absolute atomic E-state index is 0.0437. The standard InChI is InChI=1S/C18H21Cl3N4O6S2/c1-2-24(9-13(26)10-31-17-4-3-12(19)6-15(17)21)25-8-11-5-14(20)16(22-32(27)28)7-18(11)33(29,30)23-25/h3-7,13,22-23,26H,2,8-10H2,1H3,(H,27,28)/p-1. The Labute approximate surface area is 208 Å². The molecule has 2 aromatic rings. The van der Waals surface area contributed by atoms with Crippen LogP contribution >= 0.6 is 34.8 Å². The van der Waals surface area contributed by atoms with E-state index in [0.29, 0.717) is 27.9 Å². The molecule has 0 amide bonds. The van der Waals surface area contributed by atoms with Crippen LogP contribution in [0, 0.1) is 0 Å². The Bertz CT molecular complexity index is 1150. The van der Waals surface area contributed by atoms with Gasteiger partial charge in [-0.25, -0.2) is 13.4 Å². The molecule has 0 aliphatic carbocycles. The van der Waals surface area contributed by atoms with Crippen LogP contribution in [0.5, 0.6) is 5.75 Å². The Morgan fingerprint density at radius 2 is 2.03 bits per heavy atom. The molecule has 1 aliphatic heterocycles. The number of benzene rings is 2. The average molecular weight is 559 g/mol. The number of fused-ring (bicyclic) bond motifs is 1. The van der Waals surface area contributed by atoms with Crippen LogP contribution in [-0.4, -0.2) is 58.2 Å². The molecule has 3 rings (SSSR count). The zero-order chi connectivity index (χ0) is 24.3. The number of halogens is 3. The Balaban J connectivity index is 1.71. The SMILES string of the molecule is CCN(CC(O)COc1ccc(Cl)cc1Cl)N1Cc2cc(Cl)c(NS(=O)[O-])cc2S(=O)(=O)N1. The topological polar surface area (TPSA) is 134 Å². The highest BCUT2D eigenvalue weighted by molar-refractivity contribution is 7.89. The van der Waals surface area contributed by atoms with E-state index in [9.17, 15) is 22.3 Å². The smallest absolute Gasteiger partial charge is 0.254 e. The van der Waals surface area contributed by atoms with Crippen molar-refractivity contribution in [3.8, 4) is 5.75 Å². The molecule has 0 saturated heterocycles. The van der Waals surface area contributed by atoms with Gasteiger partial charge in [0.05, 0.1) is 27.2 Å². The number of hydrazine groups is 2. The third-order valence-electron chi connectivity index (χ3n) is 4.63. The lowest BCUT2D eigenvalue weighted by molar-refractivity contribution is -0.0826. The first kappa shape index (κ1) is 26.4. The third-order valence-corrected chi connectivity index (χ3v) is 7.27. The van der Waals surface area contributed by atoms with Crippen LogP contribution in [0.25, 0.3) is 0 Å². The summed E-state index contributed by atoms with van der Waals surface area (Å²) in [7, 11) is -4.03. The number of likely N-dealkylation sites (N-methyl/N-ethyl adjacent to an activating group) is 1. The molecule has 0 bridgehead atoms. The van der Waals surface area contributed by atoms with Crippen molar-refractivity contribution in [1.82, 2.24) is 15.0 Å². The Kier molecular flexibility index (Phi) is 8.83. The monoisotopic (exact) mass is 557 g/mol. The van der Waals surface area contributed by atoms with Gasteiger partial charge in [0.25, 0.3) is 10.0 Å². The predicted molar refractivity (Wildman–Crippen MR) is 125 cm³/mol. The molecular weight excluding hydrogens is 539 g/mol. The number of ether oxygens (including phenoxy) is 1. The van der Waals surface area contributed by atoms with Gasteiger partial charge in [0.15, 0.2) is 0 Å². The summed E-state index contributed by atoms with van der Waals surface area (Å²) in [4.78, 5) is 2.31. The maximum absolute atomic E-state index is 12.8. The third kappa shape index (κ3) is 6.69. The second kappa shape index (κ2) is 11.0. The quantitative estimate of drug-likeness (QED) is 0.400. The molecule has 3 N–H and O–H groups in total. The summed E-state index contributed by atoms with van der Waals surface area (Å²) in [5.41, 5.74) is 0.307. The van der Waals surface area contributed by atoms with Gasteiger partial charge >= 0.3 is 0 Å². The summed E-state index contributed by atoms with van der Waals surface area (Å²) < 4.78 is 55.0. The lowest BCUT2D eigenvalue weighted by Gasteiger charge is -2.38. The number of aliphatic hydroxyl groups is 1. The number of nitrogens with one attached hydrogen (secondary N) is 2. The number of aliphatic hydroxyl groups excluding tert-OH is 1. The van der Waals surface area contributed by atoms with Gasteiger partial charge in [0.2, 0.25) is 0 Å². The van der Waals surface area contributed by atoms with Crippen LogP contribution in [0.4, 0.5) is 5.69 Å². The van der Waals surface area contributed by atoms with Crippen molar-refractivity contribution in [3.63, 3.8) is 0 Å². The average Bonchev–Trinajstić information content (AvgIpc) is 2.71. The maximum Gasteiger partial charge on any atom is 0.254 e. The van der Waals surface area contributed by atoms with Crippen molar-refractivity contribution >= 4 is 61.8 Å². The van der Waals surface area contributed by atoms with Gasteiger partial charge in [-0.15, -0.1) is 4.83 Å². The van der Waals surface area contributed by atoms with Gasteiger partial charge in [-0.05, 0) is 35.9 Å². The van der Waals surface area contributed by atoms with Crippen LogP contribution in [0.3, 0.4) is 0 Å². The Morgan fingerprint density at radius 3 is 2.67 bits per heavy atom. The molecule has 10 nitrogen and oxygen atoms in total. The van der Waals surface area contributed by atoms with Crippen LogP contribution in [0.2, 0.25) is 15.1 Å². The molecule has 2 aromatic carbocycles. The Morgan fingerprint density at radius 1 is 1.30 bits per heavy atom. The summed E-state index contributed by atoms with van der Waals surface area (Å²) in [6.07, 6.45) is -0.982. The van der Waals surface area contributed by atoms with E-state index in [2.05, 4.69) is 9.55 Å². The maximum atomic E-state index is 12.8. The fourth-order valence-electron chi connectivity index (χ4n) is 3.15. The van der Waals surface area contributed by atoms with E-state index in [1.807, 2.05) is 0 Å². The number of hydrogen-bond acceptors (Lipinski definition) is 8. The molecule has 0 fully saturated rings. The molecule has 15 heteroatoms. The highest BCUT2D eigenvalue weighted by Gasteiger charge is 2.32. The first-order chi connectivity index (χ1) is 15.5. The van der Waals surface area contributed by atoms with E-state index in [1.165, 1.54) is 17.3 Å². The van der Waals surface area contributed by atoms with Crippen LogP contribution in [0.15, 0.2) is 35.2 Å². The highest BCUT2D eigenvalue weighted by Crippen LogP contribution is 2.32. The van der Waals surface area contributed by atoms with E-state index in [4.69, 9.17) is 39.5 Å². The highest BCUT2D eigenvalue weighted by atomic mass is 35.5.